The van der Waals surface area contributed by atoms with Gasteiger partial charge in [-0.25, -0.2) is 18.8 Å². The Morgan fingerprint density at radius 1 is 1.38 bits per heavy atom. The van der Waals surface area contributed by atoms with E-state index >= 15 is 0 Å². The smallest absolute Gasteiger partial charge is 0.341 e. The predicted molar refractivity (Wildman–Crippen MR) is 109 cm³/mol. The molecule has 4 rings (SSSR count). The molecule has 3 heterocycles. The van der Waals surface area contributed by atoms with Gasteiger partial charge in [0.1, 0.15) is 11.4 Å². The third kappa shape index (κ3) is 3.26. The maximum absolute atomic E-state index is 14.7. The molecule has 5 N–H and O–H groups in total. The van der Waals surface area contributed by atoms with Gasteiger partial charge in [0.25, 0.3) is 0 Å². The minimum absolute atomic E-state index is 0.105. The van der Waals surface area contributed by atoms with Crippen LogP contribution in [0.1, 0.15) is 10.4 Å². The van der Waals surface area contributed by atoms with Crippen LogP contribution < -0.4 is 26.8 Å². The maximum atomic E-state index is 14.7. The molecule has 1 fully saturated rings. The Labute approximate surface area is 164 Å². The van der Waals surface area contributed by atoms with Crippen molar-refractivity contribution in [2.24, 2.45) is 5.73 Å². The highest BCUT2D eigenvalue weighted by molar-refractivity contribution is 5.97. The van der Waals surface area contributed by atoms with E-state index in [-0.39, 0.29) is 22.6 Å². The van der Waals surface area contributed by atoms with Crippen molar-refractivity contribution in [2.75, 3.05) is 43.6 Å². The Hall–Kier alpha value is -3.24. The molecular weight excluding hydrogens is 379 g/mol. The van der Waals surface area contributed by atoms with Gasteiger partial charge < -0.3 is 26.5 Å². The molecule has 1 aliphatic heterocycles. The minimum Gasteiger partial charge on any atom is -0.477 e. The SMILES string of the molecule is CNn1cc(C(=O)O)c(=O)c2cc3cc(F)c(N4CC(NCCN)C4)cc3nc21. The van der Waals surface area contributed by atoms with Crippen molar-refractivity contribution in [1.29, 1.82) is 0 Å². The summed E-state index contributed by atoms with van der Waals surface area (Å²) < 4.78 is 16.1. The highest BCUT2D eigenvalue weighted by Crippen LogP contribution is 2.29. The number of hydrogen-bond donors (Lipinski definition) is 4. The van der Waals surface area contributed by atoms with E-state index in [1.54, 1.807) is 13.1 Å². The van der Waals surface area contributed by atoms with Gasteiger partial charge in [0, 0.05) is 50.9 Å². The molecular formula is C19H21FN6O3. The minimum atomic E-state index is -1.34. The second kappa shape index (κ2) is 7.30. The topological polar surface area (TPSA) is 126 Å². The molecule has 0 spiro atoms. The van der Waals surface area contributed by atoms with Gasteiger partial charge >= 0.3 is 5.97 Å². The zero-order valence-corrected chi connectivity index (χ0v) is 15.8. The molecule has 0 aliphatic carbocycles. The molecule has 10 heteroatoms. The molecule has 0 bridgehead atoms. The fraction of sp³-hybridized carbons (Fsp3) is 0.316. The second-order valence-corrected chi connectivity index (χ2v) is 6.97. The number of rotatable bonds is 6. The zero-order chi connectivity index (χ0) is 20.7. The Balaban J connectivity index is 1.80. The first-order chi connectivity index (χ1) is 13.9. The average Bonchev–Trinajstić information content (AvgIpc) is 2.66. The van der Waals surface area contributed by atoms with Crippen molar-refractivity contribution in [3.63, 3.8) is 0 Å². The molecule has 0 saturated carbocycles. The van der Waals surface area contributed by atoms with E-state index in [1.807, 2.05) is 4.90 Å². The van der Waals surface area contributed by atoms with Crippen LogP contribution in [0.3, 0.4) is 0 Å². The number of halogens is 1. The number of aromatic nitrogens is 2. The summed E-state index contributed by atoms with van der Waals surface area (Å²) in [4.78, 5) is 30.3. The van der Waals surface area contributed by atoms with Crippen molar-refractivity contribution < 1.29 is 14.3 Å². The van der Waals surface area contributed by atoms with Gasteiger partial charge in [0.15, 0.2) is 5.65 Å². The number of carboxylic acids is 1. The van der Waals surface area contributed by atoms with E-state index in [0.29, 0.717) is 42.8 Å². The lowest BCUT2D eigenvalue weighted by Crippen LogP contribution is -2.59. The number of carbonyl (C=O) groups is 1. The number of carboxylic acid groups (broad SMARTS) is 1. The zero-order valence-electron chi connectivity index (χ0n) is 15.8. The maximum Gasteiger partial charge on any atom is 0.341 e. The number of nitrogens with one attached hydrogen (secondary N) is 2. The summed E-state index contributed by atoms with van der Waals surface area (Å²) in [6.07, 6.45) is 1.19. The highest BCUT2D eigenvalue weighted by atomic mass is 19.1. The molecule has 1 aliphatic rings. The molecule has 152 valence electrons. The molecule has 9 nitrogen and oxygen atoms in total. The van der Waals surface area contributed by atoms with Crippen molar-refractivity contribution in [2.45, 2.75) is 6.04 Å². The number of nitrogens with zero attached hydrogens (tertiary/aromatic N) is 3. The summed E-state index contributed by atoms with van der Waals surface area (Å²) in [6, 6.07) is 4.73. The van der Waals surface area contributed by atoms with Crippen LogP contribution in [-0.2, 0) is 0 Å². The fourth-order valence-corrected chi connectivity index (χ4v) is 3.57. The fourth-order valence-electron chi connectivity index (χ4n) is 3.57. The van der Waals surface area contributed by atoms with Crippen molar-refractivity contribution in [3.05, 3.63) is 46.0 Å². The first-order valence-electron chi connectivity index (χ1n) is 9.22. The molecule has 1 saturated heterocycles. The van der Waals surface area contributed by atoms with E-state index in [9.17, 15) is 19.1 Å². The van der Waals surface area contributed by atoms with E-state index in [1.165, 1.54) is 23.0 Å². The Bertz CT molecular complexity index is 1170. The summed E-state index contributed by atoms with van der Waals surface area (Å²) in [5.41, 5.74) is 8.47. The van der Waals surface area contributed by atoms with Crippen LogP contribution in [0.2, 0.25) is 0 Å². The standard InChI is InChI=1S/C19H21FN6O3/c1-22-26-9-13(19(28)29)17(27)12-4-10-5-14(20)16(6-15(10)24-18(12)26)25-7-11(8-25)23-3-2-21/h4-6,9,11,22-23H,2-3,7-8,21H2,1H3,(H,28,29). The van der Waals surface area contributed by atoms with Gasteiger partial charge in [0.05, 0.1) is 16.6 Å². The number of pyridine rings is 2. The quantitative estimate of drug-likeness (QED) is 0.435. The summed E-state index contributed by atoms with van der Waals surface area (Å²) in [6.45, 7) is 2.60. The number of hydrogen-bond acceptors (Lipinski definition) is 7. The summed E-state index contributed by atoms with van der Waals surface area (Å²) >= 11 is 0. The number of benzene rings is 1. The first-order valence-corrected chi connectivity index (χ1v) is 9.22. The van der Waals surface area contributed by atoms with Crippen molar-refractivity contribution in [1.82, 2.24) is 15.0 Å². The lowest BCUT2D eigenvalue weighted by atomic mass is 10.1. The van der Waals surface area contributed by atoms with Gasteiger partial charge in [-0.1, -0.05) is 0 Å². The van der Waals surface area contributed by atoms with Crippen LogP contribution in [0.15, 0.2) is 29.2 Å². The van der Waals surface area contributed by atoms with E-state index < -0.39 is 17.2 Å². The van der Waals surface area contributed by atoms with Crippen LogP contribution >= 0.6 is 0 Å². The van der Waals surface area contributed by atoms with E-state index in [4.69, 9.17) is 5.73 Å². The number of fused-ring (bicyclic) bond motifs is 2. The van der Waals surface area contributed by atoms with Crippen LogP contribution in [0.25, 0.3) is 21.9 Å². The van der Waals surface area contributed by atoms with E-state index in [0.717, 1.165) is 0 Å². The van der Waals surface area contributed by atoms with Crippen LogP contribution in [0, 0.1) is 5.82 Å². The Kier molecular flexibility index (Phi) is 4.81. The molecule has 3 aromatic rings. The largest absolute Gasteiger partial charge is 0.477 e. The second-order valence-electron chi connectivity index (χ2n) is 6.97. The number of anilines is 1. The average molecular weight is 400 g/mol. The monoisotopic (exact) mass is 400 g/mol. The molecule has 0 unspecified atom stereocenters. The Morgan fingerprint density at radius 3 is 2.79 bits per heavy atom. The molecule has 1 aromatic carbocycles. The molecule has 2 aromatic heterocycles. The van der Waals surface area contributed by atoms with Gasteiger partial charge in [0.2, 0.25) is 5.43 Å². The highest BCUT2D eigenvalue weighted by Gasteiger charge is 2.28. The summed E-state index contributed by atoms with van der Waals surface area (Å²) in [5.74, 6) is -1.75. The van der Waals surface area contributed by atoms with E-state index in [2.05, 4.69) is 15.7 Å². The number of aromatic carboxylic acids is 1. The summed E-state index contributed by atoms with van der Waals surface area (Å²) in [7, 11) is 1.59. The van der Waals surface area contributed by atoms with Crippen LogP contribution in [-0.4, -0.2) is 60.0 Å². The third-order valence-electron chi connectivity index (χ3n) is 5.11. The predicted octanol–water partition coefficient (Wildman–Crippen LogP) is 0.297. The van der Waals surface area contributed by atoms with Gasteiger partial charge in [-0.15, -0.1) is 0 Å². The first kappa shape index (κ1) is 19.1. The van der Waals surface area contributed by atoms with Crippen LogP contribution in [0.4, 0.5) is 10.1 Å². The van der Waals surface area contributed by atoms with Crippen molar-refractivity contribution >= 4 is 33.6 Å². The third-order valence-corrected chi connectivity index (χ3v) is 5.11. The molecule has 0 atom stereocenters. The molecule has 0 amide bonds. The lowest BCUT2D eigenvalue weighted by molar-refractivity contribution is 0.0695. The van der Waals surface area contributed by atoms with Crippen molar-refractivity contribution in [3.8, 4) is 0 Å². The number of nitrogens with two attached hydrogens (primary N) is 1. The molecule has 29 heavy (non-hydrogen) atoms. The normalized spacial score (nSPS) is 14.4. The Morgan fingerprint density at radius 2 is 2.14 bits per heavy atom. The lowest BCUT2D eigenvalue weighted by Gasteiger charge is -2.41. The molecule has 0 radical (unpaired) electrons. The summed E-state index contributed by atoms with van der Waals surface area (Å²) in [5, 5.41) is 13.1. The van der Waals surface area contributed by atoms with Crippen LogP contribution in [0.5, 0.6) is 0 Å². The van der Waals surface area contributed by atoms with Gasteiger partial charge in [-0.2, -0.15) is 0 Å². The van der Waals surface area contributed by atoms with Gasteiger partial charge in [-0.05, 0) is 18.2 Å². The van der Waals surface area contributed by atoms with Gasteiger partial charge in [-0.3, -0.25) is 4.79 Å².